The summed E-state index contributed by atoms with van der Waals surface area (Å²) in [5.74, 6) is -0.109. The lowest BCUT2D eigenvalue weighted by molar-refractivity contribution is -0.0660. The molecule has 6 heterocycles. The van der Waals surface area contributed by atoms with Gasteiger partial charge in [-0.25, -0.2) is 9.37 Å². The third-order valence-corrected chi connectivity index (χ3v) is 11.1. The van der Waals surface area contributed by atoms with E-state index in [0.717, 1.165) is 76.1 Å². The third-order valence-electron chi connectivity index (χ3n) is 9.80. The number of benzene rings is 1. The standard InChI is InChI=1S/C35H36FN7O4S.C2H6/c1-40-17-21(12-29(34(40)45)39-32-7-6-23(15-37-32)41-8-10-42(11-9-41)24-19-47-20-24)26-13-22(36)14-30(28(26)18-44)43-35(46)33-27(16-38-43)25-4-2-3-5-31(25)48-33;1-2/h6-7,12-17,24,44H,2-5,8-11,18-20H2,1H3,(H,37,39);1-2H3. The second-order valence-electron chi connectivity index (χ2n) is 12.7. The first-order valence-electron chi connectivity index (χ1n) is 17.3. The van der Waals surface area contributed by atoms with Crippen LogP contribution in [0.1, 0.15) is 42.7 Å². The number of ether oxygens (including phenoxy) is 1. The Labute approximate surface area is 293 Å². The van der Waals surface area contributed by atoms with Gasteiger partial charge in [-0.3, -0.25) is 14.5 Å². The number of rotatable bonds is 7. The largest absolute Gasteiger partial charge is 0.392 e. The predicted molar refractivity (Wildman–Crippen MR) is 196 cm³/mol. The smallest absolute Gasteiger partial charge is 0.289 e. The van der Waals surface area contributed by atoms with Crippen LogP contribution in [0.2, 0.25) is 0 Å². The number of hydrogen-bond acceptors (Lipinski definition) is 10. The molecule has 50 heavy (non-hydrogen) atoms. The number of halogens is 1. The fourth-order valence-corrected chi connectivity index (χ4v) is 8.36. The van der Waals surface area contributed by atoms with E-state index in [1.807, 2.05) is 26.0 Å². The van der Waals surface area contributed by atoms with Gasteiger partial charge in [0, 0.05) is 66.9 Å². The van der Waals surface area contributed by atoms with Crippen LogP contribution in [0.25, 0.3) is 26.9 Å². The number of thiophene rings is 1. The zero-order chi connectivity index (χ0) is 34.9. The number of aromatic nitrogens is 4. The van der Waals surface area contributed by atoms with Crippen molar-refractivity contribution in [2.24, 2.45) is 7.05 Å². The van der Waals surface area contributed by atoms with E-state index in [4.69, 9.17) is 4.74 Å². The van der Waals surface area contributed by atoms with Gasteiger partial charge >= 0.3 is 0 Å². The molecular weight excluding hydrogens is 658 g/mol. The van der Waals surface area contributed by atoms with Crippen molar-refractivity contribution in [2.75, 3.05) is 49.6 Å². The zero-order valence-corrected chi connectivity index (χ0v) is 29.4. The van der Waals surface area contributed by atoms with Crippen molar-refractivity contribution in [1.82, 2.24) is 24.2 Å². The highest BCUT2D eigenvalue weighted by atomic mass is 32.1. The molecule has 2 N–H and O–H groups in total. The van der Waals surface area contributed by atoms with Gasteiger partial charge in [0.25, 0.3) is 11.1 Å². The molecule has 0 spiro atoms. The van der Waals surface area contributed by atoms with E-state index >= 15 is 4.39 Å². The summed E-state index contributed by atoms with van der Waals surface area (Å²) in [6.07, 6.45) is 9.10. The molecule has 0 saturated carbocycles. The van der Waals surface area contributed by atoms with Crippen LogP contribution < -0.4 is 21.3 Å². The fourth-order valence-electron chi connectivity index (χ4n) is 7.07. The van der Waals surface area contributed by atoms with Crippen molar-refractivity contribution in [1.29, 1.82) is 0 Å². The number of anilines is 3. The average molecular weight is 700 g/mol. The molecule has 8 rings (SSSR count). The molecule has 0 bridgehead atoms. The molecule has 0 amide bonds. The second kappa shape index (κ2) is 14.4. The molecular formula is C37H42FN7O4S. The summed E-state index contributed by atoms with van der Waals surface area (Å²) in [6.45, 7) is 8.91. The van der Waals surface area contributed by atoms with Gasteiger partial charge in [-0.05, 0) is 61.1 Å². The maximum Gasteiger partial charge on any atom is 0.289 e. The van der Waals surface area contributed by atoms with Gasteiger partial charge in [0.1, 0.15) is 22.0 Å². The number of aliphatic hydroxyl groups excluding tert-OH is 1. The molecule has 4 aromatic heterocycles. The van der Waals surface area contributed by atoms with Crippen LogP contribution in [0.3, 0.4) is 0 Å². The highest BCUT2D eigenvalue weighted by molar-refractivity contribution is 7.19. The van der Waals surface area contributed by atoms with Gasteiger partial charge in [-0.1, -0.05) is 13.8 Å². The van der Waals surface area contributed by atoms with Crippen LogP contribution in [0.15, 0.2) is 58.5 Å². The van der Waals surface area contributed by atoms with Gasteiger partial charge in [-0.2, -0.15) is 9.78 Å². The number of nitrogens with zero attached hydrogens (tertiary/aromatic N) is 6. The van der Waals surface area contributed by atoms with Crippen LogP contribution >= 0.6 is 11.3 Å². The van der Waals surface area contributed by atoms with E-state index < -0.39 is 12.4 Å². The number of fused-ring (bicyclic) bond motifs is 3. The normalized spacial score (nSPS) is 16.5. The number of aliphatic hydroxyl groups is 1. The molecule has 1 aliphatic carbocycles. The fraction of sp³-hybridized carbons (Fsp3) is 0.405. The Hall–Kier alpha value is -4.43. The molecule has 13 heteroatoms. The minimum Gasteiger partial charge on any atom is -0.392 e. The summed E-state index contributed by atoms with van der Waals surface area (Å²) >= 11 is 1.48. The highest BCUT2D eigenvalue weighted by Gasteiger charge is 2.29. The van der Waals surface area contributed by atoms with Gasteiger partial charge in [0.05, 0.1) is 49.6 Å². The molecule has 2 fully saturated rings. The number of nitrogens with one attached hydrogen (secondary N) is 1. The van der Waals surface area contributed by atoms with E-state index in [0.29, 0.717) is 33.2 Å². The predicted octanol–water partition coefficient (Wildman–Crippen LogP) is 5.01. The summed E-state index contributed by atoms with van der Waals surface area (Å²) < 4.78 is 23.8. The zero-order valence-electron chi connectivity index (χ0n) is 28.6. The maximum atomic E-state index is 15.3. The van der Waals surface area contributed by atoms with Gasteiger partial charge in [0.2, 0.25) is 0 Å². The lowest BCUT2D eigenvalue weighted by atomic mass is 9.97. The second-order valence-corrected chi connectivity index (χ2v) is 13.8. The summed E-state index contributed by atoms with van der Waals surface area (Å²) in [5, 5.41) is 19.0. The first-order chi connectivity index (χ1) is 24.4. The Morgan fingerprint density at radius 1 is 1.02 bits per heavy atom. The van der Waals surface area contributed by atoms with Crippen molar-refractivity contribution < 1.29 is 14.2 Å². The number of aryl methyl sites for hydroxylation is 3. The lowest BCUT2D eigenvalue weighted by Gasteiger charge is -2.43. The quantitative estimate of drug-likeness (QED) is 0.242. The van der Waals surface area contributed by atoms with E-state index in [1.165, 1.54) is 43.2 Å². The Balaban J connectivity index is 0.00000193. The Kier molecular flexibility index (Phi) is 9.82. The average Bonchev–Trinajstić information content (AvgIpc) is 3.50. The molecule has 0 atom stereocenters. The molecule has 5 aromatic rings. The molecule has 11 nitrogen and oxygen atoms in total. The van der Waals surface area contributed by atoms with Crippen molar-refractivity contribution >= 4 is 38.6 Å². The molecule has 3 aliphatic rings. The van der Waals surface area contributed by atoms with Crippen LogP contribution in [0, 0.1) is 5.82 Å². The van der Waals surface area contributed by atoms with Crippen molar-refractivity contribution in [3.63, 3.8) is 0 Å². The first-order valence-corrected chi connectivity index (χ1v) is 18.2. The van der Waals surface area contributed by atoms with Crippen LogP contribution in [0.5, 0.6) is 0 Å². The Morgan fingerprint density at radius 2 is 1.80 bits per heavy atom. The van der Waals surface area contributed by atoms with E-state index in [-0.39, 0.29) is 22.5 Å². The number of piperazine rings is 1. The Bertz CT molecular complexity index is 2130. The van der Waals surface area contributed by atoms with Gasteiger partial charge in [0.15, 0.2) is 0 Å². The van der Waals surface area contributed by atoms with Crippen LogP contribution in [-0.4, -0.2) is 74.8 Å². The van der Waals surface area contributed by atoms with Crippen molar-refractivity contribution in [3.05, 3.63) is 91.5 Å². The Morgan fingerprint density at radius 3 is 2.50 bits per heavy atom. The molecule has 262 valence electrons. The summed E-state index contributed by atoms with van der Waals surface area (Å²) in [5.41, 5.74) is 3.11. The number of pyridine rings is 2. The molecule has 1 aromatic carbocycles. The summed E-state index contributed by atoms with van der Waals surface area (Å²) in [7, 11) is 1.61. The van der Waals surface area contributed by atoms with E-state index in [2.05, 4.69) is 25.2 Å². The highest BCUT2D eigenvalue weighted by Crippen LogP contribution is 2.35. The summed E-state index contributed by atoms with van der Waals surface area (Å²) in [6, 6.07) is 8.49. The summed E-state index contributed by atoms with van der Waals surface area (Å²) in [4.78, 5) is 37.5. The molecule has 0 unspecified atom stereocenters. The van der Waals surface area contributed by atoms with Gasteiger partial charge in [-0.15, -0.1) is 11.3 Å². The van der Waals surface area contributed by atoms with Crippen LogP contribution in [-0.2, 0) is 31.2 Å². The topological polar surface area (TPSA) is 118 Å². The minimum absolute atomic E-state index is 0.160. The third kappa shape index (κ3) is 6.34. The molecule has 2 saturated heterocycles. The lowest BCUT2D eigenvalue weighted by Crippen LogP contribution is -2.56. The minimum atomic E-state index is -0.598. The van der Waals surface area contributed by atoms with Crippen molar-refractivity contribution in [2.45, 2.75) is 52.2 Å². The van der Waals surface area contributed by atoms with E-state index in [9.17, 15) is 14.7 Å². The van der Waals surface area contributed by atoms with E-state index in [1.54, 1.807) is 31.7 Å². The monoisotopic (exact) mass is 699 g/mol. The molecule has 0 radical (unpaired) electrons. The van der Waals surface area contributed by atoms with Gasteiger partial charge < -0.3 is 24.6 Å². The van der Waals surface area contributed by atoms with Crippen molar-refractivity contribution in [3.8, 4) is 16.8 Å². The molecule has 2 aliphatic heterocycles. The maximum absolute atomic E-state index is 15.3. The van der Waals surface area contributed by atoms with Crippen LogP contribution in [0.4, 0.5) is 21.6 Å². The first kappa shape index (κ1) is 34.0. The number of hydrogen-bond donors (Lipinski definition) is 2. The SMILES string of the molecule is CC.Cn1cc(-c2cc(F)cc(-n3ncc4c5c(sc4c3=O)CCCC5)c2CO)cc(Nc2ccc(N3CCN(C4COC4)CC3)cn2)c1=O.